The topological polar surface area (TPSA) is 68.3 Å². The third-order valence-corrected chi connectivity index (χ3v) is 5.18. The zero-order chi connectivity index (χ0) is 21.1. The molecule has 0 unspecified atom stereocenters. The van der Waals surface area contributed by atoms with Crippen LogP contribution in [0, 0.1) is 6.92 Å². The van der Waals surface area contributed by atoms with Gasteiger partial charge in [-0.25, -0.2) is 4.98 Å². The summed E-state index contributed by atoms with van der Waals surface area (Å²) in [5.74, 6) is 0.180. The molecule has 4 rings (SSSR count). The largest absolute Gasteiger partial charge is 0.442 e. The summed E-state index contributed by atoms with van der Waals surface area (Å²) in [6.45, 7) is 2.66. The Labute approximate surface area is 174 Å². The lowest BCUT2D eigenvalue weighted by molar-refractivity contribution is 0.0745. The van der Waals surface area contributed by atoms with Crippen molar-refractivity contribution in [3.8, 4) is 0 Å². The highest BCUT2D eigenvalue weighted by atomic mass is 16.3. The van der Waals surface area contributed by atoms with Gasteiger partial charge in [-0.3, -0.25) is 9.59 Å². The van der Waals surface area contributed by atoms with Crippen molar-refractivity contribution in [2.24, 2.45) is 7.05 Å². The number of fused-ring (bicyclic) bond motifs is 1. The van der Waals surface area contributed by atoms with E-state index in [1.165, 1.54) is 10.9 Å². The van der Waals surface area contributed by atoms with Gasteiger partial charge in [0.15, 0.2) is 0 Å². The average molecular weight is 401 g/mol. The quantitative estimate of drug-likeness (QED) is 0.494. The summed E-state index contributed by atoms with van der Waals surface area (Å²) in [5, 5.41) is 0.236. The first-order valence-electron chi connectivity index (χ1n) is 9.86. The van der Waals surface area contributed by atoms with E-state index < -0.39 is 0 Å². The zero-order valence-electron chi connectivity index (χ0n) is 17.0. The van der Waals surface area contributed by atoms with Crippen LogP contribution < -0.4 is 5.56 Å². The summed E-state index contributed by atoms with van der Waals surface area (Å²) in [7, 11) is 1.61. The third-order valence-electron chi connectivity index (χ3n) is 5.18. The van der Waals surface area contributed by atoms with E-state index in [0.29, 0.717) is 30.8 Å². The van der Waals surface area contributed by atoms with E-state index in [1.54, 1.807) is 18.9 Å². The van der Waals surface area contributed by atoms with Gasteiger partial charge in [-0.15, -0.1) is 0 Å². The van der Waals surface area contributed by atoms with E-state index in [1.807, 2.05) is 60.7 Å². The minimum Gasteiger partial charge on any atom is -0.442 e. The van der Waals surface area contributed by atoms with Crippen molar-refractivity contribution < 1.29 is 9.21 Å². The summed E-state index contributed by atoms with van der Waals surface area (Å²) in [4.78, 5) is 32.3. The SMILES string of the molecule is Cc1oc2ncn(C)c(=O)c2c1C(=O)N(CCc1ccccc1)Cc1ccccc1. The molecule has 0 N–H and O–H groups in total. The molecule has 2 heterocycles. The molecule has 1 amide bonds. The number of hydrogen-bond donors (Lipinski definition) is 0. The summed E-state index contributed by atoms with van der Waals surface area (Å²) in [5.41, 5.74) is 2.37. The molecule has 0 aliphatic carbocycles. The molecule has 0 fully saturated rings. The van der Waals surface area contributed by atoms with Gasteiger partial charge >= 0.3 is 0 Å². The smallest absolute Gasteiger partial charge is 0.265 e. The monoisotopic (exact) mass is 401 g/mol. The number of aromatic nitrogens is 2. The van der Waals surface area contributed by atoms with Crippen LogP contribution >= 0.6 is 0 Å². The van der Waals surface area contributed by atoms with Gasteiger partial charge in [0.2, 0.25) is 5.71 Å². The van der Waals surface area contributed by atoms with E-state index in [4.69, 9.17) is 4.42 Å². The second-order valence-electron chi connectivity index (χ2n) is 7.32. The van der Waals surface area contributed by atoms with Crippen molar-refractivity contribution in [3.05, 3.63) is 99.8 Å². The molecule has 0 atom stereocenters. The number of rotatable bonds is 6. The number of benzene rings is 2. The lowest BCUT2D eigenvalue weighted by Gasteiger charge is -2.23. The number of amides is 1. The highest BCUT2D eigenvalue weighted by Gasteiger charge is 2.26. The van der Waals surface area contributed by atoms with Crippen LogP contribution in [0.25, 0.3) is 11.1 Å². The molecule has 0 aliphatic heterocycles. The first-order chi connectivity index (χ1) is 14.5. The molecule has 6 heteroatoms. The van der Waals surface area contributed by atoms with E-state index >= 15 is 0 Å². The second kappa shape index (κ2) is 8.37. The van der Waals surface area contributed by atoms with E-state index in [0.717, 1.165) is 11.1 Å². The molecule has 152 valence electrons. The highest BCUT2D eigenvalue weighted by molar-refractivity contribution is 6.06. The van der Waals surface area contributed by atoms with Crippen LogP contribution in [0.2, 0.25) is 0 Å². The number of carbonyl (C=O) groups is 1. The summed E-state index contributed by atoms with van der Waals surface area (Å²) < 4.78 is 7.01. The summed E-state index contributed by atoms with van der Waals surface area (Å²) in [6.07, 6.45) is 2.11. The summed E-state index contributed by atoms with van der Waals surface area (Å²) >= 11 is 0. The van der Waals surface area contributed by atoms with E-state index in [2.05, 4.69) is 4.98 Å². The number of carbonyl (C=O) groups excluding carboxylic acids is 1. The predicted molar refractivity (Wildman–Crippen MR) is 115 cm³/mol. The Bertz CT molecular complexity index is 1230. The zero-order valence-corrected chi connectivity index (χ0v) is 17.0. The molecule has 30 heavy (non-hydrogen) atoms. The Morgan fingerprint density at radius 2 is 1.67 bits per heavy atom. The minimum atomic E-state index is -0.289. The van der Waals surface area contributed by atoms with Crippen LogP contribution in [0.4, 0.5) is 0 Å². The maximum atomic E-state index is 13.6. The van der Waals surface area contributed by atoms with Gasteiger partial charge in [0.1, 0.15) is 17.5 Å². The van der Waals surface area contributed by atoms with Crippen molar-refractivity contribution in [2.45, 2.75) is 19.9 Å². The average Bonchev–Trinajstić information content (AvgIpc) is 3.11. The lowest BCUT2D eigenvalue weighted by atomic mass is 10.1. The standard InChI is InChI=1S/C24H23N3O3/c1-17-20(21-22(30-17)25-16-26(2)23(21)28)24(29)27(15-19-11-7-4-8-12-19)14-13-18-9-5-3-6-10-18/h3-12,16H,13-15H2,1-2H3. The third kappa shape index (κ3) is 3.89. The second-order valence-corrected chi connectivity index (χ2v) is 7.32. The summed E-state index contributed by atoms with van der Waals surface area (Å²) in [6, 6.07) is 19.9. The van der Waals surface area contributed by atoms with Crippen LogP contribution in [0.15, 0.2) is 76.2 Å². The van der Waals surface area contributed by atoms with Crippen molar-refractivity contribution >= 4 is 17.0 Å². The van der Waals surface area contributed by atoms with Crippen molar-refractivity contribution in [1.29, 1.82) is 0 Å². The Hall–Kier alpha value is -3.67. The molecule has 4 aromatic rings. The highest BCUT2D eigenvalue weighted by Crippen LogP contribution is 2.23. The Morgan fingerprint density at radius 3 is 2.33 bits per heavy atom. The molecule has 0 saturated carbocycles. The maximum Gasteiger partial charge on any atom is 0.265 e. The van der Waals surface area contributed by atoms with Gasteiger partial charge in [0.05, 0.1) is 5.56 Å². The van der Waals surface area contributed by atoms with Crippen molar-refractivity contribution in [3.63, 3.8) is 0 Å². The normalized spacial score (nSPS) is 11.0. The fourth-order valence-electron chi connectivity index (χ4n) is 3.57. The van der Waals surface area contributed by atoms with Gasteiger partial charge in [-0.05, 0) is 24.5 Å². The first kappa shape index (κ1) is 19.6. The Balaban J connectivity index is 1.72. The van der Waals surface area contributed by atoms with Gasteiger partial charge in [-0.2, -0.15) is 0 Å². The molecule has 0 saturated heterocycles. The molecule has 2 aromatic heterocycles. The Kier molecular flexibility index (Phi) is 5.48. The fourth-order valence-corrected chi connectivity index (χ4v) is 3.57. The number of nitrogens with zero attached hydrogens (tertiary/aromatic N) is 3. The molecule has 0 aliphatic rings. The molecule has 0 bridgehead atoms. The van der Waals surface area contributed by atoms with Crippen molar-refractivity contribution in [1.82, 2.24) is 14.5 Å². The number of aryl methyl sites for hydroxylation is 2. The van der Waals surface area contributed by atoms with Gasteiger partial charge in [0, 0.05) is 20.1 Å². The fraction of sp³-hybridized carbons (Fsp3) is 0.208. The van der Waals surface area contributed by atoms with Crippen molar-refractivity contribution in [2.75, 3.05) is 6.54 Å². The van der Waals surface area contributed by atoms with Gasteiger partial charge in [0.25, 0.3) is 11.5 Å². The molecule has 6 nitrogen and oxygen atoms in total. The number of hydrogen-bond acceptors (Lipinski definition) is 4. The van der Waals surface area contributed by atoms with Gasteiger partial charge in [-0.1, -0.05) is 60.7 Å². The molecular weight excluding hydrogens is 378 g/mol. The molecule has 0 spiro atoms. The van der Waals surface area contributed by atoms with Crippen LogP contribution in [-0.2, 0) is 20.0 Å². The molecule has 2 aromatic carbocycles. The van der Waals surface area contributed by atoms with Gasteiger partial charge < -0.3 is 13.9 Å². The van der Waals surface area contributed by atoms with Crippen LogP contribution in [-0.4, -0.2) is 26.9 Å². The number of furan rings is 1. The molecular formula is C24H23N3O3. The lowest BCUT2D eigenvalue weighted by Crippen LogP contribution is -2.33. The van der Waals surface area contributed by atoms with Crippen LogP contribution in [0.3, 0.4) is 0 Å². The predicted octanol–water partition coefficient (Wildman–Crippen LogP) is 3.72. The van der Waals surface area contributed by atoms with Crippen LogP contribution in [0.5, 0.6) is 0 Å². The minimum absolute atomic E-state index is 0.196. The van der Waals surface area contributed by atoms with Crippen LogP contribution in [0.1, 0.15) is 27.2 Å². The Morgan fingerprint density at radius 1 is 1.03 bits per heavy atom. The first-order valence-corrected chi connectivity index (χ1v) is 9.86. The maximum absolute atomic E-state index is 13.6. The van der Waals surface area contributed by atoms with E-state index in [-0.39, 0.29) is 22.6 Å². The van der Waals surface area contributed by atoms with E-state index in [9.17, 15) is 9.59 Å². The molecule has 0 radical (unpaired) electrons.